The summed E-state index contributed by atoms with van der Waals surface area (Å²) in [5.74, 6) is -1.13. The van der Waals surface area contributed by atoms with Gasteiger partial charge in [-0.2, -0.15) is 0 Å². The lowest BCUT2D eigenvalue weighted by Crippen LogP contribution is -3.00. The second kappa shape index (κ2) is 11.6. The molecule has 33 heavy (non-hydrogen) atoms. The van der Waals surface area contributed by atoms with Crippen LogP contribution in [-0.2, 0) is 22.7 Å². The molecule has 0 aromatic heterocycles. The molecule has 8 heteroatoms. The van der Waals surface area contributed by atoms with Crippen molar-refractivity contribution in [2.75, 3.05) is 5.32 Å². The van der Waals surface area contributed by atoms with Crippen molar-refractivity contribution in [3.63, 3.8) is 0 Å². The van der Waals surface area contributed by atoms with Gasteiger partial charge in [-0.25, -0.2) is 4.39 Å². The Hall–Kier alpha value is -3.23. The zero-order chi connectivity index (χ0) is 22.3. The van der Waals surface area contributed by atoms with E-state index >= 15 is 0 Å². The minimum absolute atomic E-state index is 0. The lowest BCUT2D eigenvalue weighted by molar-refractivity contribution is -0.123. The van der Waals surface area contributed by atoms with Gasteiger partial charge in [0.05, 0.1) is 18.0 Å². The highest BCUT2D eigenvalue weighted by Gasteiger charge is 2.33. The molecule has 3 aromatic rings. The molecule has 168 valence electrons. The third kappa shape index (κ3) is 6.63. The molecule has 1 heterocycles. The van der Waals surface area contributed by atoms with Crippen LogP contribution in [0.5, 0.6) is 0 Å². The highest BCUT2D eigenvalue weighted by molar-refractivity contribution is 8.18. The molecule has 3 aromatic carbocycles. The molecule has 0 saturated carbocycles. The fourth-order valence-corrected chi connectivity index (χ4v) is 4.05. The van der Waals surface area contributed by atoms with E-state index in [0.717, 1.165) is 11.1 Å². The minimum atomic E-state index is -0.462. The smallest absolute Gasteiger partial charge is 0.267 e. The number of benzene rings is 3. The maximum absolute atomic E-state index is 13.1. The third-order valence-electron chi connectivity index (χ3n) is 4.69. The van der Waals surface area contributed by atoms with Gasteiger partial charge in [0.15, 0.2) is 5.17 Å². The number of carbonyl (C=O) groups is 2. The van der Waals surface area contributed by atoms with Crippen LogP contribution < -0.4 is 22.3 Å². The van der Waals surface area contributed by atoms with Crippen molar-refractivity contribution in [3.8, 4) is 0 Å². The van der Waals surface area contributed by atoms with Gasteiger partial charge in [0.2, 0.25) is 5.91 Å². The van der Waals surface area contributed by atoms with Crippen LogP contribution in [-0.4, -0.2) is 21.9 Å². The van der Waals surface area contributed by atoms with Crippen LogP contribution in [0.25, 0.3) is 0 Å². The van der Waals surface area contributed by atoms with Crippen LogP contribution in [0.4, 0.5) is 10.1 Å². The van der Waals surface area contributed by atoms with Crippen LogP contribution >= 0.6 is 11.8 Å². The maximum Gasteiger partial charge on any atom is 0.267 e. The molecule has 1 saturated heterocycles. The van der Waals surface area contributed by atoms with E-state index in [-0.39, 0.29) is 27.8 Å². The normalized spacial score (nSPS) is 15.5. The summed E-state index contributed by atoms with van der Waals surface area (Å²) in [5.41, 5.74) is 2.44. The Morgan fingerprint density at radius 1 is 0.939 bits per heavy atom. The second-order valence-corrected chi connectivity index (χ2v) is 8.08. The van der Waals surface area contributed by atoms with Crippen molar-refractivity contribution in [2.45, 2.75) is 13.1 Å². The summed E-state index contributed by atoms with van der Waals surface area (Å²) in [6.07, 6.45) is 1.26. The molecule has 0 unspecified atom stereocenters. The van der Waals surface area contributed by atoms with E-state index < -0.39 is 11.7 Å². The monoisotopic (exact) mass is 524 g/mol. The summed E-state index contributed by atoms with van der Waals surface area (Å²) >= 11 is 1.17. The van der Waals surface area contributed by atoms with E-state index in [1.807, 2.05) is 60.7 Å². The molecule has 0 bridgehead atoms. The van der Waals surface area contributed by atoms with Gasteiger partial charge in [-0.3, -0.25) is 19.5 Å². The largest absolute Gasteiger partial charge is 1.00 e. The van der Waals surface area contributed by atoms with Crippen molar-refractivity contribution >= 4 is 34.4 Å². The SMILES string of the molecule is O=C(/C=C1\SC(=NCc2ccccc2)N(Cc2ccccc2)C1=O)Nc1ccc(F)cc1.[Br-]. The van der Waals surface area contributed by atoms with Gasteiger partial charge in [-0.1, -0.05) is 60.7 Å². The second-order valence-electron chi connectivity index (χ2n) is 7.07. The number of anilines is 1. The standard InChI is InChI=1S/C25H20FN3O2S.BrH/c26-20-11-13-21(14-12-20)28-23(30)15-22-24(31)29(17-19-9-5-2-6-10-19)25(32-22)27-16-18-7-3-1-4-8-18;/h1-15H,16-17H2,(H,28,30);1H/p-1/b22-15-,27-25?;. The summed E-state index contributed by atoms with van der Waals surface area (Å²) in [5, 5.41) is 3.19. The molecule has 0 atom stereocenters. The van der Waals surface area contributed by atoms with Gasteiger partial charge in [0.1, 0.15) is 5.82 Å². The number of nitrogens with one attached hydrogen (secondary N) is 1. The van der Waals surface area contributed by atoms with Crippen LogP contribution in [0.3, 0.4) is 0 Å². The summed E-state index contributed by atoms with van der Waals surface area (Å²) in [6, 6.07) is 24.8. The van der Waals surface area contributed by atoms with Crippen molar-refractivity contribution < 1.29 is 31.0 Å². The van der Waals surface area contributed by atoms with E-state index in [1.54, 1.807) is 4.90 Å². The minimum Gasteiger partial charge on any atom is -1.00 e. The highest BCUT2D eigenvalue weighted by Crippen LogP contribution is 2.32. The summed E-state index contributed by atoms with van der Waals surface area (Å²) in [6.45, 7) is 0.786. The average molecular weight is 525 g/mol. The number of aliphatic imine (C=N–C) groups is 1. The number of halogens is 2. The average Bonchev–Trinajstić information content (AvgIpc) is 3.09. The lowest BCUT2D eigenvalue weighted by Gasteiger charge is -2.15. The first kappa shape index (κ1) is 24.4. The Balaban J connectivity index is 0.00000306. The molecule has 4 rings (SSSR count). The number of rotatable bonds is 6. The van der Waals surface area contributed by atoms with E-state index in [4.69, 9.17) is 0 Å². The topological polar surface area (TPSA) is 61.8 Å². The van der Waals surface area contributed by atoms with E-state index in [0.29, 0.717) is 23.9 Å². The van der Waals surface area contributed by atoms with Crippen molar-refractivity contribution in [2.24, 2.45) is 4.99 Å². The molecule has 0 spiro atoms. The summed E-state index contributed by atoms with van der Waals surface area (Å²) < 4.78 is 13.1. The molecule has 5 nitrogen and oxygen atoms in total. The zero-order valence-electron chi connectivity index (χ0n) is 17.4. The molecule has 0 radical (unpaired) electrons. The quantitative estimate of drug-likeness (QED) is 0.501. The van der Waals surface area contributed by atoms with E-state index in [1.165, 1.54) is 42.1 Å². The fraction of sp³-hybridized carbons (Fsp3) is 0.0800. The molecule has 2 amide bonds. The Morgan fingerprint density at radius 3 is 2.18 bits per heavy atom. The van der Waals surface area contributed by atoms with Crippen LogP contribution in [0.2, 0.25) is 0 Å². The number of nitrogens with zero attached hydrogens (tertiary/aromatic N) is 2. The first-order chi connectivity index (χ1) is 15.6. The molecular formula is C25H20BrFN3O2S-. The molecule has 1 fully saturated rings. The van der Waals surface area contributed by atoms with Gasteiger partial charge in [-0.05, 0) is 47.2 Å². The predicted octanol–water partition coefficient (Wildman–Crippen LogP) is 1.98. The van der Waals surface area contributed by atoms with Gasteiger partial charge in [-0.15, -0.1) is 0 Å². The zero-order valence-corrected chi connectivity index (χ0v) is 19.9. The van der Waals surface area contributed by atoms with Crippen molar-refractivity contribution in [1.29, 1.82) is 0 Å². The Kier molecular flexibility index (Phi) is 8.57. The molecule has 1 N–H and O–H groups in total. The number of amidine groups is 1. The van der Waals surface area contributed by atoms with Gasteiger partial charge >= 0.3 is 0 Å². The van der Waals surface area contributed by atoms with Crippen molar-refractivity contribution in [3.05, 3.63) is 113 Å². The number of hydrogen-bond acceptors (Lipinski definition) is 4. The van der Waals surface area contributed by atoms with Crippen LogP contribution in [0, 0.1) is 5.82 Å². The maximum atomic E-state index is 13.1. The lowest BCUT2D eigenvalue weighted by atomic mass is 10.2. The first-order valence-electron chi connectivity index (χ1n) is 9.99. The summed E-state index contributed by atoms with van der Waals surface area (Å²) in [7, 11) is 0. The predicted molar refractivity (Wildman–Crippen MR) is 125 cm³/mol. The van der Waals surface area contributed by atoms with E-state index in [2.05, 4.69) is 10.3 Å². The molecular weight excluding hydrogens is 505 g/mol. The molecule has 1 aliphatic rings. The molecule has 1 aliphatic heterocycles. The molecule has 0 aliphatic carbocycles. The fourth-order valence-electron chi connectivity index (χ4n) is 3.10. The Bertz CT molecular complexity index is 1170. The number of carbonyl (C=O) groups excluding carboxylic acids is 2. The highest BCUT2D eigenvalue weighted by atomic mass is 79.9. The Labute approximate surface area is 206 Å². The van der Waals surface area contributed by atoms with Gasteiger partial charge in [0.25, 0.3) is 5.91 Å². The first-order valence-corrected chi connectivity index (χ1v) is 10.8. The van der Waals surface area contributed by atoms with Gasteiger partial charge in [0, 0.05) is 11.8 Å². The van der Waals surface area contributed by atoms with Gasteiger partial charge < -0.3 is 22.3 Å². The van der Waals surface area contributed by atoms with E-state index in [9.17, 15) is 14.0 Å². The Morgan fingerprint density at radius 2 is 1.55 bits per heavy atom. The van der Waals surface area contributed by atoms with Crippen LogP contribution in [0.1, 0.15) is 11.1 Å². The third-order valence-corrected chi connectivity index (χ3v) is 5.73. The number of hydrogen-bond donors (Lipinski definition) is 1. The van der Waals surface area contributed by atoms with Crippen LogP contribution in [0.15, 0.2) is 101 Å². The summed E-state index contributed by atoms with van der Waals surface area (Å²) in [4.78, 5) is 32.0. The number of thioether (sulfide) groups is 1. The number of amides is 2. The van der Waals surface area contributed by atoms with Crippen molar-refractivity contribution in [1.82, 2.24) is 4.90 Å².